The van der Waals surface area contributed by atoms with Crippen LogP contribution >= 0.6 is 0 Å². The Kier molecular flexibility index (Phi) is 3.37. The van der Waals surface area contributed by atoms with E-state index in [2.05, 4.69) is 10.4 Å². The second-order valence-corrected chi connectivity index (χ2v) is 4.00. The second-order valence-electron chi connectivity index (χ2n) is 4.00. The minimum atomic E-state index is -0.781. The van der Waals surface area contributed by atoms with E-state index in [9.17, 15) is 14.3 Å². The maximum Gasteiger partial charge on any atom is 0.258 e. The summed E-state index contributed by atoms with van der Waals surface area (Å²) < 4.78 is 14.9. The van der Waals surface area contributed by atoms with Gasteiger partial charge in [-0.05, 0) is 12.1 Å². The fourth-order valence-electron chi connectivity index (χ4n) is 1.63. The Hall–Kier alpha value is -2.57. The number of hydrogen-bond donors (Lipinski definition) is 3. The molecule has 2 aromatic rings. The number of amides is 1. The molecule has 6 nitrogen and oxygen atoms in total. The van der Waals surface area contributed by atoms with Crippen LogP contribution in [0.5, 0.6) is 5.75 Å². The number of rotatable bonds is 3. The molecule has 4 N–H and O–H groups in total. The smallest absolute Gasteiger partial charge is 0.258 e. The van der Waals surface area contributed by atoms with Gasteiger partial charge in [0.15, 0.2) is 0 Å². The highest BCUT2D eigenvalue weighted by Gasteiger charge is 2.16. The fourth-order valence-corrected chi connectivity index (χ4v) is 1.63. The van der Waals surface area contributed by atoms with E-state index >= 15 is 0 Å². The molecule has 0 aliphatic heterocycles. The van der Waals surface area contributed by atoms with E-state index in [-0.39, 0.29) is 12.1 Å². The molecule has 1 aromatic heterocycles. The number of nitrogens with zero attached hydrogens (tertiary/aromatic N) is 2. The number of carbonyl (C=O) groups excluding carboxylic acids is 1. The van der Waals surface area contributed by atoms with Crippen molar-refractivity contribution in [1.82, 2.24) is 15.1 Å². The number of nitrogens with two attached hydrogens (primary N) is 1. The van der Waals surface area contributed by atoms with Crippen LogP contribution in [0.2, 0.25) is 0 Å². The number of aryl methyl sites for hydroxylation is 1. The fraction of sp³-hybridized carbons (Fsp3) is 0.167. The van der Waals surface area contributed by atoms with Gasteiger partial charge in [0.05, 0.1) is 6.20 Å². The first kappa shape index (κ1) is 12.9. The molecule has 1 amide bonds. The van der Waals surface area contributed by atoms with Crippen molar-refractivity contribution in [3.63, 3.8) is 0 Å². The first-order valence-corrected chi connectivity index (χ1v) is 5.52. The minimum absolute atomic E-state index is 0.103. The van der Waals surface area contributed by atoms with E-state index in [0.717, 1.165) is 6.07 Å². The Morgan fingerprint density at radius 1 is 1.58 bits per heavy atom. The largest absolute Gasteiger partial charge is 0.507 e. The summed E-state index contributed by atoms with van der Waals surface area (Å²) >= 11 is 0. The predicted octanol–water partition coefficient (Wildman–Crippen LogP) is 0.777. The van der Waals surface area contributed by atoms with Crippen molar-refractivity contribution >= 4 is 11.7 Å². The summed E-state index contributed by atoms with van der Waals surface area (Å²) in [5.41, 5.74) is 5.95. The molecule has 0 spiro atoms. The molecule has 0 aliphatic carbocycles. The Bertz CT molecular complexity index is 604. The SMILES string of the molecule is Cn1ncc(CNC(=O)c2c(O)cccc2F)c1N. The van der Waals surface area contributed by atoms with Crippen LogP contribution in [0.15, 0.2) is 24.4 Å². The topological polar surface area (TPSA) is 93.2 Å². The van der Waals surface area contributed by atoms with Gasteiger partial charge in [-0.25, -0.2) is 4.39 Å². The van der Waals surface area contributed by atoms with Crippen LogP contribution in [-0.4, -0.2) is 20.8 Å². The van der Waals surface area contributed by atoms with E-state index in [1.165, 1.54) is 23.0 Å². The predicted molar refractivity (Wildman–Crippen MR) is 66.9 cm³/mol. The maximum absolute atomic E-state index is 13.4. The van der Waals surface area contributed by atoms with Gasteiger partial charge >= 0.3 is 0 Å². The number of phenols is 1. The monoisotopic (exact) mass is 264 g/mol. The van der Waals surface area contributed by atoms with Gasteiger partial charge in [0.25, 0.3) is 5.91 Å². The van der Waals surface area contributed by atoms with Crippen molar-refractivity contribution in [3.05, 3.63) is 41.3 Å². The molecule has 7 heteroatoms. The van der Waals surface area contributed by atoms with Crippen molar-refractivity contribution in [1.29, 1.82) is 0 Å². The maximum atomic E-state index is 13.4. The van der Waals surface area contributed by atoms with Crippen molar-refractivity contribution < 1.29 is 14.3 Å². The highest BCUT2D eigenvalue weighted by atomic mass is 19.1. The molecule has 0 aliphatic rings. The number of phenolic OH excluding ortho intramolecular Hbond substituents is 1. The van der Waals surface area contributed by atoms with E-state index < -0.39 is 17.5 Å². The molecule has 100 valence electrons. The van der Waals surface area contributed by atoms with Crippen LogP contribution in [0.25, 0.3) is 0 Å². The number of anilines is 1. The average Bonchev–Trinajstić information content (AvgIpc) is 2.67. The highest BCUT2D eigenvalue weighted by Crippen LogP contribution is 2.19. The van der Waals surface area contributed by atoms with Crippen LogP contribution in [0.3, 0.4) is 0 Å². The summed E-state index contributed by atoms with van der Waals surface area (Å²) in [4.78, 5) is 11.8. The van der Waals surface area contributed by atoms with Crippen LogP contribution in [-0.2, 0) is 13.6 Å². The lowest BCUT2D eigenvalue weighted by Gasteiger charge is -2.07. The normalized spacial score (nSPS) is 10.4. The van der Waals surface area contributed by atoms with Crippen molar-refractivity contribution in [2.45, 2.75) is 6.54 Å². The molecular formula is C12H13FN4O2. The number of aromatic hydroxyl groups is 1. The minimum Gasteiger partial charge on any atom is -0.507 e. The molecule has 0 fully saturated rings. The zero-order chi connectivity index (χ0) is 14.0. The third-order valence-electron chi connectivity index (χ3n) is 2.72. The van der Waals surface area contributed by atoms with Crippen LogP contribution in [0.4, 0.5) is 10.2 Å². The summed E-state index contributed by atoms with van der Waals surface area (Å²) in [6.45, 7) is 0.103. The second kappa shape index (κ2) is 4.97. The van der Waals surface area contributed by atoms with E-state index in [4.69, 9.17) is 5.73 Å². The van der Waals surface area contributed by atoms with Gasteiger partial charge in [0.2, 0.25) is 0 Å². The number of nitrogens with one attached hydrogen (secondary N) is 1. The molecule has 0 bridgehead atoms. The van der Waals surface area contributed by atoms with Gasteiger partial charge < -0.3 is 16.2 Å². The van der Waals surface area contributed by atoms with Gasteiger partial charge in [-0.15, -0.1) is 0 Å². The molecule has 0 unspecified atom stereocenters. The standard InChI is InChI=1S/C12H13FN4O2/c1-17-11(14)7(6-16-17)5-15-12(19)10-8(13)3-2-4-9(10)18/h2-4,6,18H,5,14H2,1H3,(H,15,19). The molecule has 2 rings (SSSR count). The zero-order valence-electron chi connectivity index (χ0n) is 10.2. The molecule has 0 saturated heterocycles. The summed E-state index contributed by atoms with van der Waals surface area (Å²) in [6.07, 6.45) is 1.51. The first-order valence-electron chi connectivity index (χ1n) is 5.52. The quantitative estimate of drug-likeness (QED) is 0.763. The molecular weight excluding hydrogens is 251 g/mol. The number of halogens is 1. The van der Waals surface area contributed by atoms with Crippen LogP contribution in [0, 0.1) is 5.82 Å². The lowest BCUT2D eigenvalue weighted by molar-refractivity contribution is 0.0944. The lowest BCUT2D eigenvalue weighted by atomic mass is 10.1. The number of nitrogen functional groups attached to an aromatic ring is 1. The van der Waals surface area contributed by atoms with E-state index in [1.54, 1.807) is 7.05 Å². The van der Waals surface area contributed by atoms with Gasteiger partial charge in [-0.2, -0.15) is 5.10 Å². The summed E-state index contributed by atoms with van der Waals surface area (Å²) in [6, 6.07) is 3.67. The number of hydrogen-bond acceptors (Lipinski definition) is 4. The van der Waals surface area contributed by atoms with E-state index in [0.29, 0.717) is 11.4 Å². The zero-order valence-corrected chi connectivity index (χ0v) is 10.2. The van der Waals surface area contributed by atoms with E-state index in [1.807, 2.05) is 0 Å². The molecule has 0 atom stereocenters. The molecule has 1 aromatic carbocycles. The van der Waals surface area contributed by atoms with Gasteiger partial charge in [-0.1, -0.05) is 6.07 Å². The number of aromatic nitrogens is 2. The van der Waals surface area contributed by atoms with Crippen LogP contribution in [0.1, 0.15) is 15.9 Å². The summed E-state index contributed by atoms with van der Waals surface area (Å²) in [5, 5.41) is 15.9. The van der Waals surface area contributed by atoms with Crippen molar-refractivity contribution in [2.24, 2.45) is 7.05 Å². The Morgan fingerprint density at radius 3 is 2.89 bits per heavy atom. The summed E-state index contributed by atoms with van der Waals surface area (Å²) in [5.74, 6) is -1.48. The number of carbonyl (C=O) groups is 1. The molecule has 0 saturated carbocycles. The molecule has 1 heterocycles. The first-order chi connectivity index (χ1) is 9.00. The molecule has 0 radical (unpaired) electrons. The number of benzene rings is 1. The van der Waals surface area contributed by atoms with Crippen LogP contribution < -0.4 is 11.1 Å². The van der Waals surface area contributed by atoms with Gasteiger partial charge in [0.1, 0.15) is 22.9 Å². The summed E-state index contributed by atoms with van der Waals surface area (Å²) in [7, 11) is 1.67. The highest BCUT2D eigenvalue weighted by molar-refractivity contribution is 5.97. The Labute approximate surface area is 108 Å². The van der Waals surface area contributed by atoms with Gasteiger partial charge in [0, 0.05) is 19.2 Å². The lowest BCUT2D eigenvalue weighted by Crippen LogP contribution is -2.24. The van der Waals surface area contributed by atoms with Crippen molar-refractivity contribution in [2.75, 3.05) is 5.73 Å². The Morgan fingerprint density at radius 2 is 2.32 bits per heavy atom. The van der Waals surface area contributed by atoms with Gasteiger partial charge in [-0.3, -0.25) is 9.48 Å². The third kappa shape index (κ3) is 2.49. The van der Waals surface area contributed by atoms with Crippen molar-refractivity contribution in [3.8, 4) is 5.75 Å². The molecule has 19 heavy (non-hydrogen) atoms. The third-order valence-corrected chi connectivity index (χ3v) is 2.72. The Balaban J connectivity index is 2.12. The average molecular weight is 264 g/mol.